The van der Waals surface area contributed by atoms with Crippen LogP contribution in [0.25, 0.3) is 0 Å². The third-order valence-corrected chi connectivity index (χ3v) is 2.27. The third-order valence-electron chi connectivity index (χ3n) is 2.27. The Kier molecular flexibility index (Phi) is 2.74. The molecule has 0 radical (unpaired) electrons. The number of aliphatic imine (C=N–C) groups is 1. The highest BCUT2D eigenvalue weighted by atomic mass is 15.1. The SMILES string of the molecule is CN=C(N)NC1(C)CC=CCC1. The molecule has 1 unspecified atom stereocenters. The molecule has 0 heterocycles. The zero-order valence-electron chi connectivity index (χ0n) is 7.80. The van der Waals surface area contributed by atoms with Gasteiger partial charge in [0.15, 0.2) is 5.96 Å². The van der Waals surface area contributed by atoms with Gasteiger partial charge in [-0.05, 0) is 26.2 Å². The summed E-state index contributed by atoms with van der Waals surface area (Å²) in [7, 11) is 1.70. The van der Waals surface area contributed by atoms with Crippen molar-refractivity contribution in [1.82, 2.24) is 5.32 Å². The number of nitrogens with one attached hydrogen (secondary N) is 1. The van der Waals surface area contributed by atoms with Gasteiger partial charge >= 0.3 is 0 Å². The fourth-order valence-corrected chi connectivity index (χ4v) is 1.44. The van der Waals surface area contributed by atoms with E-state index in [0.29, 0.717) is 5.96 Å². The van der Waals surface area contributed by atoms with E-state index in [-0.39, 0.29) is 5.54 Å². The number of allylic oxidation sites excluding steroid dienone is 1. The highest BCUT2D eigenvalue weighted by Gasteiger charge is 2.24. The van der Waals surface area contributed by atoms with Gasteiger partial charge < -0.3 is 11.1 Å². The Morgan fingerprint density at radius 2 is 2.33 bits per heavy atom. The van der Waals surface area contributed by atoms with Gasteiger partial charge in [-0.2, -0.15) is 0 Å². The molecule has 0 aromatic heterocycles. The average Bonchev–Trinajstić information content (AvgIpc) is 2.05. The molecular weight excluding hydrogens is 150 g/mol. The van der Waals surface area contributed by atoms with E-state index < -0.39 is 0 Å². The standard InChI is InChI=1S/C9H17N3/c1-9(12-8(10)11-2)6-4-3-5-7-9/h3-4H,5-7H2,1-2H3,(H3,10,11,12). The largest absolute Gasteiger partial charge is 0.370 e. The van der Waals surface area contributed by atoms with E-state index in [0.717, 1.165) is 19.3 Å². The van der Waals surface area contributed by atoms with Gasteiger partial charge in [-0.15, -0.1) is 0 Å². The van der Waals surface area contributed by atoms with Crippen molar-refractivity contribution in [3.63, 3.8) is 0 Å². The molecule has 0 aromatic carbocycles. The maximum absolute atomic E-state index is 5.60. The van der Waals surface area contributed by atoms with Crippen molar-refractivity contribution in [3.05, 3.63) is 12.2 Å². The summed E-state index contributed by atoms with van der Waals surface area (Å²) in [5.74, 6) is 0.535. The van der Waals surface area contributed by atoms with Crippen molar-refractivity contribution >= 4 is 5.96 Å². The highest BCUT2D eigenvalue weighted by molar-refractivity contribution is 5.78. The van der Waals surface area contributed by atoms with Crippen LogP contribution < -0.4 is 11.1 Å². The minimum atomic E-state index is 0.109. The molecule has 1 rings (SSSR count). The normalized spacial score (nSPS) is 30.3. The van der Waals surface area contributed by atoms with Crippen LogP contribution in [-0.2, 0) is 0 Å². The number of nitrogens with two attached hydrogens (primary N) is 1. The lowest BCUT2D eigenvalue weighted by molar-refractivity contribution is 0.379. The van der Waals surface area contributed by atoms with Crippen LogP contribution in [-0.4, -0.2) is 18.5 Å². The predicted octanol–water partition coefficient (Wildman–Crippen LogP) is 1.02. The van der Waals surface area contributed by atoms with Crippen molar-refractivity contribution < 1.29 is 0 Å². The van der Waals surface area contributed by atoms with Crippen molar-refractivity contribution in [2.45, 2.75) is 31.7 Å². The molecule has 3 nitrogen and oxygen atoms in total. The van der Waals surface area contributed by atoms with Crippen LogP contribution in [0.2, 0.25) is 0 Å². The van der Waals surface area contributed by atoms with Crippen molar-refractivity contribution in [2.24, 2.45) is 10.7 Å². The molecule has 0 amide bonds. The van der Waals surface area contributed by atoms with Gasteiger partial charge in [0.25, 0.3) is 0 Å². The van der Waals surface area contributed by atoms with E-state index in [1.165, 1.54) is 0 Å². The summed E-state index contributed by atoms with van der Waals surface area (Å²) >= 11 is 0. The second-order valence-corrected chi connectivity index (χ2v) is 3.51. The van der Waals surface area contributed by atoms with Gasteiger partial charge in [0.1, 0.15) is 0 Å². The lowest BCUT2D eigenvalue weighted by atomic mass is 9.88. The molecule has 1 atom stereocenters. The molecule has 3 N–H and O–H groups in total. The van der Waals surface area contributed by atoms with Crippen LogP contribution >= 0.6 is 0 Å². The average molecular weight is 167 g/mol. The zero-order valence-corrected chi connectivity index (χ0v) is 7.80. The molecule has 0 aromatic rings. The molecular formula is C9H17N3. The smallest absolute Gasteiger partial charge is 0.188 e. The van der Waals surface area contributed by atoms with E-state index in [9.17, 15) is 0 Å². The lowest BCUT2D eigenvalue weighted by Crippen LogP contribution is -2.49. The Bertz CT molecular complexity index is 208. The third kappa shape index (κ3) is 2.26. The number of hydrogen-bond acceptors (Lipinski definition) is 1. The van der Waals surface area contributed by atoms with Gasteiger partial charge in [0.05, 0.1) is 0 Å². The molecule has 0 fully saturated rings. The molecule has 68 valence electrons. The molecule has 0 aliphatic heterocycles. The number of hydrogen-bond donors (Lipinski definition) is 2. The summed E-state index contributed by atoms with van der Waals surface area (Å²) < 4.78 is 0. The van der Waals surface area contributed by atoms with Crippen LogP contribution in [0.4, 0.5) is 0 Å². The zero-order chi connectivity index (χ0) is 9.03. The quantitative estimate of drug-likeness (QED) is 0.348. The maximum atomic E-state index is 5.60. The fraction of sp³-hybridized carbons (Fsp3) is 0.667. The monoisotopic (exact) mass is 167 g/mol. The van der Waals surface area contributed by atoms with Crippen LogP contribution in [0.3, 0.4) is 0 Å². The molecule has 0 saturated carbocycles. The summed E-state index contributed by atoms with van der Waals surface area (Å²) in [5.41, 5.74) is 5.71. The van der Waals surface area contributed by atoms with Gasteiger partial charge in [-0.3, -0.25) is 4.99 Å². The predicted molar refractivity (Wildman–Crippen MR) is 52.1 cm³/mol. The number of nitrogens with zero attached hydrogens (tertiary/aromatic N) is 1. The summed E-state index contributed by atoms with van der Waals surface area (Å²) in [5, 5.41) is 3.22. The lowest BCUT2D eigenvalue weighted by Gasteiger charge is -2.32. The topological polar surface area (TPSA) is 50.4 Å². The number of rotatable bonds is 1. The van der Waals surface area contributed by atoms with E-state index in [1.807, 2.05) is 0 Å². The number of guanidine groups is 1. The second kappa shape index (κ2) is 3.61. The van der Waals surface area contributed by atoms with Crippen LogP contribution in [0.15, 0.2) is 17.1 Å². The summed E-state index contributed by atoms with van der Waals surface area (Å²) in [4.78, 5) is 3.89. The van der Waals surface area contributed by atoms with E-state index in [4.69, 9.17) is 5.73 Å². The Labute approximate surface area is 73.7 Å². The van der Waals surface area contributed by atoms with Crippen molar-refractivity contribution in [3.8, 4) is 0 Å². The summed E-state index contributed by atoms with van der Waals surface area (Å²) in [6.07, 6.45) is 7.69. The van der Waals surface area contributed by atoms with Crippen LogP contribution in [0.1, 0.15) is 26.2 Å². The molecule has 12 heavy (non-hydrogen) atoms. The van der Waals surface area contributed by atoms with Gasteiger partial charge in [-0.1, -0.05) is 12.2 Å². The first-order chi connectivity index (χ1) is 5.66. The minimum absolute atomic E-state index is 0.109. The maximum Gasteiger partial charge on any atom is 0.188 e. The highest BCUT2D eigenvalue weighted by Crippen LogP contribution is 2.22. The Morgan fingerprint density at radius 1 is 1.58 bits per heavy atom. The van der Waals surface area contributed by atoms with Gasteiger partial charge in [0.2, 0.25) is 0 Å². The summed E-state index contributed by atoms with van der Waals surface area (Å²) in [6, 6.07) is 0. The van der Waals surface area contributed by atoms with Gasteiger partial charge in [-0.25, -0.2) is 0 Å². The van der Waals surface area contributed by atoms with Gasteiger partial charge in [0, 0.05) is 12.6 Å². The van der Waals surface area contributed by atoms with Crippen molar-refractivity contribution in [1.29, 1.82) is 0 Å². The van der Waals surface area contributed by atoms with Crippen molar-refractivity contribution in [2.75, 3.05) is 7.05 Å². The first-order valence-electron chi connectivity index (χ1n) is 4.32. The van der Waals surface area contributed by atoms with E-state index in [1.54, 1.807) is 7.05 Å². The molecule has 3 heteroatoms. The van der Waals surface area contributed by atoms with E-state index >= 15 is 0 Å². The molecule has 0 saturated heterocycles. The second-order valence-electron chi connectivity index (χ2n) is 3.51. The minimum Gasteiger partial charge on any atom is -0.370 e. The first-order valence-corrected chi connectivity index (χ1v) is 4.32. The summed E-state index contributed by atoms with van der Waals surface area (Å²) in [6.45, 7) is 2.18. The molecule has 0 spiro atoms. The Hall–Kier alpha value is -0.990. The molecule has 1 aliphatic carbocycles. The fourth-order valence-electron chi connectivity index (χ4n) is 1.44. The van der Waals surface area contributed by atoms with Crippen LogP contribution in [0.5, 0.6) is 0 Å². The van der Waals surface area contributed by atoms with E-state index in [2.05, 4.69) is 29.4 Å². The Morgan fingerprint density at radius 3 is 2.83 bits per heavy atom. The van der Waals surface area contributed by atoms with Crippen LogP contribution in [0, 0.1) is 0 Å². The molecule has 0 bridgehead atoms. The first kappa shape index (κ1) is 9.10. The Balaban J connectivity index is 2.54. The molecule has 1 aliphatic rings.